The molecule has 1 N–H and O–H groups in total. The SMILES string of the molecule is N#CCC(=O)Nc1ccccc1OCC(F)F. The molecular formula is C11H10F2N2O2. The zero-order valence-electron chi connectivity index (χ0n) is 8.82. The largest absolute Gasteiger partial charge is 0.485 e. The molecule has 0 aliphatic heterocycles. The number of nitriles is 1. The lowest BCUT2D eigenvalue weighted by molar-refractivity contribution is -0.115. The maximum Gasteiger partial charge on any atom is 0.272 e. The summed E-state index contributed by atoms with van der Waals surface area (Å²) >= 11 is 0. The summed E-state index contributed by atoms with van der Waals surface area (Å²) in [6, 6.07) is 7.88. The van der Waals surface area contributed by atoms with E-state index in [9.17, 15) is 13.6 Å². The first-order valence-electron chi connectivity index (χ1n) is 4.80. The van der Waals surface area contributed by atoms with E-state index >= 15 is 0 Å². The molecule has 0 aliphatic rings. The number of para-hydroxylation sites is 2. The van der Waals surface area contributed by atoms with Crippen LogP contribution in [-0.2, 0) is 4.79 Å². The molecule has 0 saturated heterocycles. The Hall–Kier alpha value is -2.16. The van der Waals surface area contributed by atoms with Gasteiger partial charge in [-0.3, -0.25) is 4.79 Å². The molecule has 0 aliphatic carbocycles. The normalized spacial score (nSPS) is 9.76. The number of nitrogens with zero attached hydrogens (tertiary/aromatic N) is 1. The smallest absolute Gasteiger partial charge is 0.272 e. The minimum Gasteiger partial charge on any atom is -0.485 e. The van der Waals surface area contributed by atoms with Crippen LogP contribution in [0.15, 0.2) is 24.3 Å². The van der Waals surface area contributed by atoms with Crippen molar-refractivity contribution in [1.82, 2.24) is 0 Å². The van der Waals surface area contributed by atoms with Crippen LogP contribution in [0.25, 0.3) is 0 Å². The number of amides is 1. The highest BCUT2D eigenvalue weighted by Gasteiger charge is 2.09. The molecule has 1 aromatic carbocycles. The molecule has 4 nitrogen and oxygen atoms in total. The first-order chi connectivity index (χ1) is 8.13. The summed E-state index contributed by atoms with van der Waals surface area (Å²) < 4.78 is 28.8. The van der Waals surface area contributed by atoms with Crippen molar-refractivity contribution in [2.45, 2.75) is 12.8 Å². The Labute approximate surface area is 96.8 Å². The number of anilines is 1. The van der Waals surface area contributed by atoms with Gasteiger partial charge in [0.2, 0.25) is 5.91 Å². The Kier molecular flexibility index (Phi) is 4.88. The van der Waals surface area contributed by atoms with Crippen LogP contribution in [0, 0.1) is 11.3 Å². The molecule has 17 heavy (non-hydrogen) atoms. The number of ether oxygens (including phenoxy) is 1. The average molecular weight is 240 g/mol. The van der Waals surface area contributed by atoms with E-state index in [4.69, 9.17) is 10.00 Å². The Morgan fingerprint density at radius 2 is 2.18 bits per heavy atom. The predicted octanol–water partition coefficient (Wildman–Crippen LogP) is 2.18. The summed E-state index contributed by atoms with van der Waals surface area (Å²) in [5, 5.41) is 10.7. The second-order valence-corrected chi connectivity index (χ2v) is 3.08. The van der Waals surface area contributed by atoms with Gasteiger partial charge in [-0.25, -0.2) is 8.78 Å². The third-order valence-electron chi connectivity index (χ3n) is 1.77. The van der Waals surface area contributed by atoms with Gasteiger partial charge in [0, 0.05) is 0 Å². The van der Waals surface area contributed by atoms with Crippen molar-refractivity contribution in [3.8, 4) is 11.8 Å². The predicted molar refractivity (Wildman–Crippen MR) is 56.8 cm³/mol. The number of carbonyl (C=O) groups excluding carboxylic acids is 1. The lowest BCUT2D eigenvalue weighted by Crippen LogP contribution is -2.13. The molecule has 0 atom stereocenters. The van der Waals surface area contributed by atoms with Crippen LogP contribution in [0.3, 0.4) is 0 Å². The molecule has 0 heterocycles. The van der Waals surface area contributed by atoms with Crippen LogP contribution in [0.2, 0.25) is 0 Å². The molecule has 0 unspecified atom stereocenters. The third kappa shape index (κ3) is 4.47. The molecule has 0 fully saturated rings. The fraction of sp³-hybridized carbons (Fsp3) is 0.273. The Morgan fingerprint density at radius 1 is 1.47 bits per heavy atom. The lowest BCUT2D eigenvalue weighted by Gasteiger charge is -2.11. The number of halogens is 2. The van der Waals surface area contributed by atoms with Crippen molar-refractivity contribution < 1.29 is 18.3 Å². The summed E-state index contributed by atoms with van der Waals surface area (Å²) in [6.45, 7) is -0.745. The first-order valence-corrected chi connectivity index (χ1v) is 4.80. The number of hydrogen-bond donors (Lipinski definition) is 1. The first kappa shape index (κ1) is 12.9. The van der Waals surface area contributed by atoms with Gasteiger partial charge in [-0.1, -0.05) is 12.1 Å². The number of alkyl halides is 2. The van der Waals surface area contributed by atoms with Gasteiger partial charge in [0.25, 0.3) is 6.43 Å². The summed E-state index contributed by atoms with van der Waals surface area (Å²) in [5.41, 5.74) is 0.272. The third-order valence-corrected chi connectivity index (χ3v) is 1.77. The fourth-order valence-electron chi connectivity index (χ4n) is 1.11. The minimum absolute atomic E-state index is 0.152. The van der Waals surface area contributed by atoms with E-state index in [2.05, 4.69) is 5.32 Å². The van der Waals surface area contributed by atoms with Crippen molar-refractivity contribution in [1.29, 1.82) is 5.26 Å². The minimum atomic E-state index is -2.59. The highest BCUT2D eigenvalue weighted by molar-refractivity contribution is 5.93. The summed E-state index contributed by atoms with van der Waals surface area (Å²) in [7, 11) is 0. The van der Waals surface area contributed by atoms with Crippen molar-refractivity contribution >= 4 is 11.6 Å². The van der Waals surface area contributed by atoms with Crippen LogP contribution in [0.5, 0.6) is 5.75 Å². The Bertz CT molecular complexity index is 430. The number of nitrogens with one attached hydrogen (secondary N) is 1. The standard InChI is InChI=1S/C11H10F2N2O2/c12-10(13)7-17-9-4-2-1-3-8(9)15-11(16)5-6-14/h1-4,10H,5,7H2,(H,15,16). The maximum absolute atomic E-state index is 12.0. The fourth-order valence-corrected chi connectivity index (χ4v) is 1.11. The van der Waals surface area contributed by atoms with Gasteiger partial charge in [-0.15, -0.1) is 0 Å². The van der Waals surface area contributed by atoms with Gasteiger partial charge in [-0.2, -0.15) is 5.26 Å². The van der Waals surface area contributed by atoms with Crippen molar-refractivity contribution in [3.05, 3.63) is 24.3 Å². The van der Waals surface area contributed by atoms with Crippen LogP contribution in [-0.4, -0.2) is 18.9 Å². The molecule has 1 aromatic rings. The number of hydrogen-bond acceptors (Lipinski definition) is 3. The van der Waals surface area contributed by atoms with E-state index in [-0.39, 0.29) is 17.9 Å². The molecule has 0 spiro atoms. The van der Waals surface area contributed by atoms with E-state index < -0.39 is 18.9 Å². The zero-order chi connectivity index (χ0) is 12.7. The van der Waals surface area contributed by atoms with Gasteiger partial charge in [-0.05, 0) is 12.1 Å². The van der Waals surface area contributed by atoms with Gasteiger partial charge >= 0.3 is 0 Å². The van der Waals surface area contributed by atoms with Crippen molar-refractivity contribution in [2.24, 2.45) is 0 Å². The van der Waals surface area contributed by atoms with E-state index in [1.165, 1.54) is 12.1 Å². The zero-order valence-corrected chi connectivity index (χ0v) is 8.82. The van der Waals surface area contributed by atoms with Gasteiger partial charge in [0.15, 0.2) is 0 Å². The average Bonchev–Trinajstić information content (AvgIpc) is 2.28. The maximum atomic E-state index is 12.0. The van der Waals surface area contributed by atoms with Crippen LogP contribution < -0.4 is 10.1 Å². The second kappa shape index (κ2) is 6.43. The Morgan fingerprint density at radius 3 is 2.82 bits per heavy atom. The topological polar surface area (TPSA) is 62.1 Å². The highest BCUT2D eigenvalue weighted by atomic mass is 19.3. The molecule has 0 aromatic heterocycles. The van der Waals surface area contributed by atoms with Crippen LogP contribution >= 0.6 is 0 Å². The lowest BCUT2D eigenvalue weighted by atomic mass is 10.3. The molecule has 90 valence electrons. The number of rotatable bonds is 5. The van der Waals surface area contributed by atoms with Crippen LogP contribution in [0.1, 0.15) is 6.42 Å². The van der Waals surface area contributed by atoms with E-state index in [0.29, 0.717) is 0 Å². The summed E-state index contributed by atoms with van der Waals surface area (Å²) in [6.07, 6.45) is -2.89. The molecule has 1 rings (SSSR count). The molecular weight excluding hydrogens is 230 g/mol. The quantitative estimate of drug-likeness (QED) is 0.858. The number of benzene rings is 1. The Balaban J connectivity index is 2.71. The summed E-state index contributed by atoms with van der Waals surface area (Å²) in [5.74, 6) is -0.361. The highest BCUT2D eigenvalue weighted by Crippen LogP contribution is 2.24. The molecule has 0 radical (unpaired) electrons. The van der Waals surface area contributed by atoms with Gasteiger partial charge < -0.3 is 10.1 Å². The molecule has 6 heteroatoms. The van der Waals surface area contributed by atoms with Crippen LogP contribution in [0.4, 0.5) is 14.5 Å². The second-order valence-electron chi connectivity index (χ2n) is 3.08. The summed E-state index contributed by atoms with van der Waals surface area (Å²) in [4.78, 5) is 11.2. The van der Waals surface area contributed by atoms with E-state index in [0.717, 1.165) is 0 Å². The monoisotopic (exact) mass is 240 g/mol. The van der Waals surface area contributed by atoms with Gasteiger partial charge in [0.05, 0.1) is 11.8 Å². The van der Waals surface area contributed by atoms with E-state index in [1.807, 2.05) is 0 Å². The van der Waals surface area contributed by atoms with Crippen molar-refractivity contribution in [2.75, 3.05) is 11.9 Å². The van der Waals surface area contributed by atoms with Gasteiger partial charge in [0.1, 0.15) is 18.8 Å². The van der Waals surface area contributed by atoms with E-state index in [1.54, 1.807) is 18.2 Å². The van der Waals surface area contributed by atoms with Crippen molar-refractivity contribution in [3.63, 3.8) is 0 Å². The number of carbonyl (C=O) groups is 1. The molecule has 0 saturated carbocycles. The molecule has 0 bridgehead atoms. The molecule has 1 amide bonds.